The summed E-state index contributed by atoms with van der Waals surface area (Å²) in [5.41, 5.74) is 2.12. The molecule has 2 unspecified atom stereocenters. The van der Waals surface area contributed by atoms with Crippen LogP contribution in [-0.4, -0.2) is 36.4 Å². The third-order valence-corrected chi connectivity index (χ3v) is 7.22. The van der Waals surface area contributed by atoms with E-state index in [1.807, 2.05) is 38.1 Å². The van der Waals surface area contributed by atoms with E-state index in [0.717, 1.165) is 11.1 Å². The summed E-state index contributed by atoms with van der Waals surface area (Å²) in [5.74, 6) is -0.309. The van der Waals surface area contributed by atoms with Gasteiger partial charge in [0.05, 0.1) is 38.7 Å². The number of aliphatic hydroxyl groups is 1. The molecule has 0 spiro atoms. The van der Waals surface area contributed by atoms with Crippen LogP contribution in [0.5, 0.6) is 0 Å². The second-order valence-electron chi connectivity index (χ2n) is 6.40. The molecule has 0 fully saturated rings. The van der Waals surface area contributed by atoms with E-state index in [0.29, 0.717) is 9.79 Å². The Morgan fingerprint density at radius 3 is 1.88 bits per heavy atom. The highest BCUT2D eigenvalue weighted by atomic mass is 32.2. The van der Waals surface area contributed by atoms with Crippen molar-refractivity contribution in [2.45, 2.75) is 48.3 Å². The van der Waals surface area contributed by atoms with E-state index in [-0.39, 0.29) is 18.0 Å². The zero-order chi connectivity index (χ0) is 19.3. The highest BCUT2D eigenvalue weighted by Gasteiger charge is 2.24. The van der Waals surface area contributed by atoms with Crippen LogP contribution in [-0.2, 0) is 26.4 Å². The minimum atomic E-state index is -1.47. The molecule has 140 valence electrons. The van der Waals surface area contributed by atoms with E-state index in [2.05, 4.69) is 0 Å². The van der Waals surface area contributed by atoms with Gasteiger partial charge in [0.2, 0.25) is 0 Å². The molecule has 2 aromatic carbocycles. The van der Waals surface area contributed by atoms with Crippen molar-refractivity contribution in [3.63, 3.8) is 0 Å². The van der Waals surface area contributed by atoms with Crippen LogP contribution in [0.1, 0.15) is 24.5 Å². The topological polar surface area (TPSA) is 71.4 Å². The van der Waals surface area contributed by atoms with Gasteiger partial charge >= 0.3 is 0 Å². The van der Waals surface area contributed by atoms with Crippen LogP contribution in [0.3, 0.4) is 0 Å². The number of hydrogen-bond acceptors (Lipinski definition) is 4. The molecule has 2 rings (SSSR count). The van der Waals surface area contributed by atoms with Gasteiger partial charge in [-0.25, -0.2) is 0 Å². The Morgan fingerprint density at radius 2 is 1.38 bits per heavy atom. The van der Waals surface area contributed by atoms with Crippen LogP contribution >= 0.6 is 0 Å². The maximum absolute atomic E-state index is 12.5. The Hall–Kier alpha value is -1.63. The van der Waals surface area contributed by atoms with E-state index in [4.69, 9.17) is 0 Å². The van der Waals surface area contributed by atoms with Crippen LogP contribution in [0.15, 0.2) is 58.3 Å². The average molecular weight is 393 g/mol. The first-order valence-corrected chi connectivity index (χ1v) is 10.9. The molecule has 4 atom stereocenters. The second kappa shape index (κ2) is 9.35. The molecule has 0 bridgehead atoms. The summed E-state index contributed by atoms with van der Waals surface area (Å²) in [6.45, 7) is 5.48. The number of benzene rings is 2. The number of rotatable bonds is 8. The molecule has 2 aromatic rings. The molecule has 1 N–H and O–H groups in total. The molecule has 0 aliphatic carbocycles. The van der Waals surface area contributed by atoms with Crippen molar-refractivity contribution < 1.29 is 18.3 Å². The van der Waals surface area contributed by atoms with Gasteiger partial charge in [-0.15, -0.1) is 0 Å². The first-order valence-electron chi connectivity index (χ1n) is 8.41. The molecule has 0 amide bonds. The number of aliphatic hydroxyl groups excluding tert-OH is 1. The van der Waals surface area contributed by atoms with Crippen LogP contribution in [0, 0.1) is 13.8 Å². The van der Waals surface area contributed by atoms with Crippen molar-refractivity contribution in [1.82, 2.24) is 0 Å². The third kappa shape index (κ3) is 5.69. The minimum absolute atomic E-state index is 0.0152. The number of carbonyl (C=O) groups is 1. The number of aryl methyl sites for hydroxylation is 2. The summed E-state index contributed by atoms with van der Waals surface area (Å²) in [6, 6.07) is 14.4. The molecular weight excluding hydrogens is 368 g/mol. The monoisotopic (exact) mass is 392 g/mol. The van der Waals surface area contributed by atoms with Crippen molar-refractivity contribution in [3.8, 4) is 0 Å². The molecule has 0 heterocycles. The van der Waals surface area contributed by atoms with E-state index >= 15 is 0 Å². The molecule has 0 aliphatic rings. The lowest BCUT2D eigenvalue weighted by Gasteiger charge is -2.14. The molecule has 0 radical (unpaired) electrons. The fourth-order valence-corrected chi connectivity index (χ4v) is 4.66. The SMILES string of the molecule is Cc1ccc(S(=O)C[C@@H](O)CC(=O)[C@@H](C)S(=O)c2ccc(C)cc2)cc1. The van der Waals surface area contributed by atoms with Gasteiger partial charge in [0.25, 0.3) is 0 Å². The predicted molar refractivity (Wildman–Crippen MR) is 105 cm³/mol. The zero-order valence-electron chi connectivity index (χ0n) is 15.2. The van der Waals surface area contributed by atoms with Crippen LogP contribution in [0.25, 0.3) is 0 Å². The summed E-state index contributed by atoms with van der Waals surface area (Å²) in [4.78, 5) is 13.6. The van der Waals surface area contributed by atoms with Crippen LogP contribution < -0.4 is 0 Å². The smallest absolute Gasteiger partial charge is 0.151 e. The van der Waals surface area contributed by atoms with Crippen molar-refractivity contribution in [2.75, 3.05) is 5.75 Å². The van der Waals surface area contributed by atoms with Gasteiger partial charge in [-0.2, -0.15) is 0 Å². The molecule has 26 heavy (non-hydrogen) atoms. The Labute approximate surface area is 159 Å². The quantitative estimate of drug-likeness (QED) is 0.750. The van der Waals surface area contributed by atoms with Crippen molar-refractivity contribution in [3.05, 3.63) is 59.7 Å². The van der Waals surface area contributed by atoms with Crippen molar-refractivity contribution in [1.29, 1.82) is 0 Å². The lowest BCUT2D eigenvalue weighted by Crippen LogP contribution is -2.29. The number of hydrogen-bond donors (Lipinski definition) is 1. The van der Waals surface area contributed by atoms with Crippen LogP contribution in [0.2, 0.25) is 0 Å². The maximum atomic E-state index is 12.5. The Kier molecular flexibility index (Phi) is 7.43. The normalized spacial score (nSPS) is 15.8. The molecule has 0 saturated carbocycles. The molecule has 4 nitrogen and oxygen atoms in total. The number of Topliss-reactive ketones (excluding diaryl/α,β-unsaturated/α-hetero) is 1. The van der Waals surface area contributed by atoms with Gasteiger partial charge in [-0.3, -0.25) is 13.2 Å². The van der Waals surface area contributed by atoms with Gasteiger partial charge in [-0.05, 0) is 45.0 Å². The Balaban J connectivity index is 1.93. The molecule has 0 saturated heterocycles. The highest BCUT2D eigenvalue weighted by molar-refractivity contribution is 7.86. The van der Waals surface area contributed by atoms with E-state index in [9.17, 15) is 18.3 Å². The van der Waals surface area contributed by atoms with Crippen molar-refractivity contribution >= 4 is 27.4 Å². The summed E-state index contributed by atoms with van der Waals surface area (Å²) >= 11 is 0. The average Bonchev–Trinajstić information content (AvgIpc) is 2.61. The molecule has 0 aromatic heterocycles. The van der Waals surface area contributed by atoms with Gasteiger partial charge in [0.1, 0.15) is 0 Å². The van der Waals surface area contributed by atoms with E-state index in [1.54, 1.807) is 31.2 Å². The van der Waals surface area contributed by atoms with E-state index < -0.39 is 33.0 Å². The second-order valence-corrected chi connectivity index (χ2v) is 9.67. The molecular formula is C20H24O4S2. The first kappa shape index (κ1) is 20.7. The van der Waals surface area contributed by atoms with Gasteiger partial charge in [-0.1, -0.05) is 35.4 Å². The Bertz CT molecular complexity index is 798. The summed E-state index contributed by atoms with van der Waals surface area (Å²) < 4.78 is 24.8. The number of carbonyl (C=O) groups excluding carboxylic acids is 1. The zero-order valence-corrected chi connectivity index (χ0v) is 16.8. The number of ketones is 1. The van der Waals surface area contributed by atoms with Crippen molar-refractivity contribution in [2.24, 2.45) is 0 Å². The summed E-state index contributed by atoms with van der Waals surface area (Å²) in [7, 11) is -2.85. The maximum Gasteiger partial charge on any atom is 0.151 e. The summed E-state index contributed by atoms with van der Waals surface area (Å²) in [5, 5.41) is 9.41. The van der Waals surface area contributed by atoms with Gasteiger partial charge in [0.15, 0.2) is 5.78 Å². The predicted octanol–water partition coefficient (Wildman–Crippen LogP) is 2.93. The Morgan fingerprint density at radius 1 is 0.923 bits per heavy atom. The lowest BCUT2D eigenvalue weighted by molar-refractivity contribution is -0.119. The third-order valence-electron chi connectivity index (χ3n) is 4.09. The molecule has 0 aliphatic heterocycles. The van der Waals surface area contributed by atoms with Gasteiger partial charge < -0.3 is 5.11 Å². The molecule has 6 heteroatoms. The van der Waals surface area contributed by atoms with E-state index in [1.165, 1.54) is 0 Å². The first-order chi connectivity index (χ1) is 12.3. The lowest BCUT2D eigenvalue weighted by atomic mass is 10.1. The summed E-state index contributed by atoms with van der Waals surface area (Å²) in [6.07, 6.45) is -1.18. The minimum Gasteiger partial charge on any atom is -0.392 e. The fourth-order valence-electron chi connectivity index (χ4n) is 2.41. The largest absolute Gasteiger partial charge is 0.392 e. The fraction of sp³-hybridized carbons (Fsp3) is 0.350. The standard InChI is InChI=1S/C20H24O4S2/c1-14-4-8-18(9-5-14)25(23)13-17(21)12-20(22)16(3)26(24)19-10-6-15(2)7-11-19/h4-11,16-17,21H,12-13H2,1-3H3/t16-,17+,25?,26?/m1/s1. The van der Waals surface area contributed by atoms with Gasteiger partial charge in [0, 0.05) is 16.2 Å². The van der Waals surface area contributed by atoms with Crippen LogP contribution in [0.4, 0.5) is 0 Å². The highest BCUT2D eigenvalue weighted by Crippen LogP contribution is 2.16.